The molecule has 2 aromatic heterocycles. The van der Waals surface area contributed by atoms with Crippen LogP contribution in [0.4, 0.5) is 0 Å². The lowest BCUT2D eigenvalue weighted by atomic mass is 10.3. The number of amides is 1. The van der Waals surface area contributed by atoms with E-state index >= 15 is 0 Å². The van der Waals surface area contributed by atoms with Crippen molar-refractivity contribution in [3.8, 4) is 11.5 Å². The third-order valence-electron chi connectivity index (χ3n) is 3.41. The van der Waals surface area contributed by atoms with Crippen LogP contribution < -0.4 is 5.32 Å². The maximum Gasteiger partial charge on any atom is 0.325 e. The number of esters is 1. The maximum atomic E-state index is 12.5. The average molecular weight is 339 g/mol. The Morgan fingerprint density at radius 3 is 2.52 bits per heavy atom. The summed E-state index contributed by atoms with van der Waals surface area (Å²) in [4.78, 5) is 23.9. The summed E-state index contributed by atoms with van der Waals surface area (Å²) in [7, 11) is 0. The lowest BCUT2D eigenvalue weighted by Gasteiger charge is -2.09. The molecule has 1 aromatic carbocycles. The van der Waals surface area contributed by atoms with Crippen LogP contribution in [0.5, 0.6) is 0 Å². The highest BCUT2D eigenvalue weighted by Crippen LogP contribution is 2.17. The topological polar surface area (TPSA) is 91.0 Å². The number of benzene rings is 1. The molecule has 0 atom stereocenters. The fraction of sp³-hybridized carbons (Fsp3) is 0.176. The Labute approximate surface area is 144 Å². The van der Waals surface area contributed by atoms with Gasteiger partial charge in [0.2, 0.25) is 0 Å². The van der Waals surface area contributed by atoms with Gasteiger partial charge in [-0.05, 0) is 31.2 Å². The number of carbonyl (C=O) groups excluding carboxylic acids is 2. The molecule has 8 nitrogen and oxygen atoms in total. The molecular weight excluding hydrogens is 322 g/mol. The second-order valence-electron chi connectivity index (χ2n) is 5.09. The number of nitrogens with zero attached hydrogens (tertiary/aromatic N) is 4. The van der Waals surface area contributed by atoms with E-state index in [0.29, 0.717) is 5.82 Å². The summed E-state index contributed by atoms with van der Waals surface area (Å²) in [5, 5.41) is 10.6. The Kier molecular flexibility index (Phi) is 4.89. The summed E-state index contributed by atoms with van der Waals surface area (Å²) in [6.45, 7) is 1.73. The minimum absolute atomic E-state index is 0.115. The van der Waals surface area contributed by atoms with E-state index < -0.39 is 11.9 Å². The van der Waals surface area contributed by atoms with E-state index in [0.717, 1.165) is 5.69 Å². The van der Waals surface area contributed by atoms with E-state index in [1.807, 2.05) is 42.5 Å². The molecule has 0 aliphatic carbocycles. The van der Waals surface area contributed by atoms with Crippen LogP contribution in [0.25, 0.3) is 11.5 Å². The number of nitrogens with one attached hydrogen (secondary N) is 1. The SMILES string of the molecule is CCOC(=O)CNC(=O)c1nnn(-c2ccccc2)c1-n1cccc1. The lowest BCUT2D eigenvalue weighted by Crippen LogP contribution is -2.31. The number of hydrogen-bond acceptors (Lipinski definition) is 5. The summed E-state index contributed by atoms with van der Waals surface area (Å²) in [6, 6.07) is 13.0. The van der Waals surface area contributed by atoms with Crippen LogP contribution >= 0.6 is 0 Å². The number of rotatable bonds is 6. The van der Waals surface area contributed by atoms with Gasteiger partial charge in [0.15, 0.2) is 11.5 Å². The first-order valence-electron chi connectivity index (χ1n) is 7.79. The predicted octanol–water partition coefficient (Wildman–Crippen LogP) is 1.35. The van der Waals surface area contributed by atoms with E-state index in [-0.39, 0.29) is 18.8 Å². The Hall–Kier alpha value is -3.42. The van der Waals surface area contributed by atoms with Crippen LogP contribution in [0, 0.1) is 0 Å². The number of carbonyl (C=O) groups is 2. The van der Waals surface area contributed by atoms with Crippen molar-refractivity contribution >= 4 is 11.9 Å². The lowest BCUT2D eigenvalue weighted by molar-refractivity contribution is -0.141. The fourth-order valence-electron chi connectivity index (χ4n) is 2.32. The highest BCUT2D eigenvalue weighted by atomic mass is 16.5. The molecule has 0 aliphatic heterocycles. The Bertz CT molecular complexity index is 856. The first kappa shape index (κ1) is 16.4. The zero-order chi connectivity index (χ0) is 17.6. The molecule has 0 saturated carbocycles. The molecular formula is C17H17N5O3. The first-order chi connectivity index (χ1) is 12.2. The molecule has 0 spiro atoms. The molecule has 3 rings (SSSR count). The number of hydrogen-bond donors (Lipinski definition) is 1. The summed E-state index contributed by atoms with van der Waals surface area (Å²) in [5.74, 6) is -0.523. The molecule has 0 fully saturated rings. The Morgan fingerprint density at radius 2 is 1.84 bits per heavy atom. The third kappa shape index (κ3) is 3.57. The van der Waals surface area contributed by atoms with Crippen LogP contribution in [-0.4, -0.2) is 44.6 Å². The normalized spacial score (nSPS) is 10.4. The largest absolute Gasteiger partial charge is 0.465 e. The highest BCUT2D eigenvalue weighted by Gasteiger charge is 2.22. The van der Waals surface area contributed by atoms with Gasteiger partial charge in [-0.15, -0.1) is 5.10 Å². The minimum Gasteiger partial charge on any atom is -0.465 e. The fourth-order valence-corrected chi connectivity index (χ4v) is 2.32. The molecule has 0 bridgehead atoms. The molecule has 0 radical (unpaired) electrons. The van der Waals surface area contributed by atoms with E-state index in [1.54, 1.807) is 28.6 Å². The smallest absolute Gasteiger partial charge is 0.325 e. The van der Waals surface area contributed by atoms with Gasteiger partial charge in [0.1, 0.15) is 6.54 Å². The molecule has 0 saturated heterocycles. The maximum absolute atomic E-state index is 12.5. The quantitative estimate of drug-likeness (QED) is 0.685. The van der Waals surface area contributed by atoms with Gasteiger partial charge in [0, 0.05) is 12.4 Å². The second-order valence-corrected chi connectivity index (χ2v) is 5.09. The van der Waals surface area contributed by atoms with Gasteiger partial charge in [-0.2, -0.15) is 4.68 Å². The van der Waals surface area contributed by atoms with Crippen molar-refractivity contribution in [1.82, 2.24) is 24.9 Å². The van der Waals surface area contributed by atoms with Crippen molar-refractivity contribution in [2.45, 2.75) is 6.92 Å². The molecule has 128 valence electrons. The second kappa shape index (κ2) is 7.43. The van der Waals surface area contributed by atoms with Gasteiger partial charge in [0.25, 0.3) is 5.91 Å². The van der Waals surface area contributed by atoms with E-state index in [2.05, 4.69) is 15.6 Å². The number of aromatic nitrogens is 4. The molecule has 8 heteroatoms. The zero-order valence-electron chi connectivity index (χ0n) is 13.6. The third-order valence-corrected chi connectivity index (χ3v) is 3.41. The van der Waals surface area contributed by atoms with Crippen molar-refractivity contribution in [2.24, 2.45) is 0 Å². The summed E-state index contributed by atoms with van der Waals surface area (Å²) < 4.78 is 8.12. The monoisotopic (exact) mass is 339 g/mol. The molecule has 1 N–H and O–H groups in total. The van der Waals surface area contributed by atoms with Crippen LogP contribution in [0.15, 0.2) is 54.9 Å². The Morgan fingerprint density at radius 1 is 1.12 bits per heavy atom. The molecule has 0 aliphatic rings. The van der Waals surface area contributed by atoms with E-state index in [1.165, 1.54) is 0 Å². The van der Waals surface area contributed by atoms with Gasteiger partial charge in [-0.3, -0.25) is 9.59 Å². The highest BCUT2D eigenvalue weighted by molar-refractivity contribution is 5.96. The predicted molar refractivity (Wildman–Crippen MR) is 89.7 cm³/mol. The van der Waals surface area contributed by atoms with Gasteiger partial charge < -0.3 is 14.6 Å². The van der Waals surface area contributed by atoms with Gasteiger partial charge in [-0.1, -0.05) is 23.4 Å². The van der Waals surface area contributed by atoms with E-state index in [9.17, 15) is 9.59 Å². The van der Waals surface area contributed by atoms with Gasteiger partial charge in [0.05, 0.1) is 12.3 Å². The van der Waals surface area contributed by atoms with Crippen molar-refractivity contribution in [3.63, 3.8) is 0 Å². The standard InChI is InChI=1S/C17H17N5O3/c1-2-25-14(23)12-18-16(24)15-17(21-10-6-7-11-21)22(20-19-15)13-8-4-3-5-9-13/h3-11H,2,12H2,1H3,(H,18,24). The molecule has 0 unspecified atom stereocenters. The van der Waals surface area contributed by atoms with Crippen molar-refractivity contribution < 1.29 is 14.3 Å². The van der Waals surface area contributed by atoms with Gasteiger partial charge >= 0.3 is 5.97 Å². The molecule has 1 amide bonds. The average Bonchev–Trinajstić information content (AvgIpc) is 3.29. The van der Waals surface area contributed by atoms with Gasteiger partial charge in [-0.25, -0.2) is 0 Å². The number of ether oxygens (including phenoxy) is 1. The van der Waals surface area contributed by atoms with E-state index in [4.69, 9.17) is 4.74 Å². The molecule has 25 heavy (non-hydrogen) atoms. The molecule has 3 aromatic rings. The summed E-state index contributed by atoms with van der Waals surface area (Å²) >= 11 is 0. The van der Waals surface area contributed by atoms with Crippen LogP contribution in [-0.2, 0) is 9.53 Å². The van der Waals surface area contributed by atoms with Crippen LogP contribution in [0.2, 0.25) is 0 Å². The first-order valence-corrected chi connectivity index (χ1v) is 7.79. The summed E-state index contributed by atoms with van der Waals surface area (Å²) in [6.07, 6.45) is 3.58. The number of para-hydroxylation sites is 1. The van der Waals surface area contributed by atoms with Crippen molar-refractivity contribution in [2.75, 3.05) is 13.2 Å². The summed E-state index contributed by atoms with van der Waals surface area (Å²) in [5.41, 5.74) is 0.882. The minimum atomic E-state index is -0.506. The van der Waals surface area contributed by atoms with Crippen LogP contribution in [0.3, 0.4) is 0 Å². The Balaban J connectivity index is 1.93. The van der Waals surface area contributed by atoms with Crippen molar-refractivity contribution in [3.05, 3.63) is 60.6 Å². The zero-order valence-corrected chi connectivity index (χ0v) is 13.6. The van der Waals surface area contributed by atoms with Crippen LogP contribution in [0.1, 0.15) is 17.4 Å². The molecule has 2 heterocycles. The van der Waals surface area contributed by atoms with Crippen molar-refractivity contribution in [1.29, 1.82) is 0 Å².